The number of rotatable bonds is 4. The molecule has 0 aromatic rings. The normalized spacial score (nSPS) is 22.5. The lowest BCUT2D eigenvalue weighted by molar-refractivity contribution is -0.264. The average Bonchev–Trinajstić information content (AvgIpc) is 2.07. The molecule has 1 aliphatic heterocycles. The van der Waals surface area contributed by atoms with Crippen molar-refractivity contribution in [2.45, 2.75) is 32.5 Å². The molecular formula is C9H18O3. The molecule has 1 saturated heterocycles. The summed E-state index contributed by atoms with van der Waals surface area (Å²) >= 11 is 0. The average molecular weight is 174 g/mol. The highest BCUT2D eigenvalue weighted by Crippen LogP contribution is 2.26. The smallest absolute Gasteiger partial charge is 0.172 e. The molecule has 3 nitrogen and oxygen atoms in total. The summed E-state index contributed by atoms with van der Waals surface area (Å²) < 4.78 is 16.5. The van der Waals surface area contributed by atoms with Crippen molar-refractivity contribution in [1.82, 2.24) is 0 Å². The summed E-state index contributed by atoms with van der Waals surface area (Å²) in [6.45, 7) is 6.91. The quantitative estimate of drug-likeness (QED) is 0.605. The van der Waals surface area contributed by atoms with Gasteiger partial charge >= 0.3 is 0 Å². The molecule has 0 amide bonds. The summed E-state index contributed by atoms with van der Waals surface area (Å²) in [5, 5.41) is 0. The van der Waals surface area contributed by atoms with Crippen LogP contribution in [0.15, 0.2) is 0 Å². The van der Waals surface area contributed by atoms with Crippen LogP contribution in [0.5, 0.6) is 0 Å². The minimum absolute atomic E-state index is 0.345. The van der Waals surface area contributed by atoms with Crippen molar-refractivity contribution in [2.75, 3.05) is 26.4 Å². The summed E-state index contributed by atoms with van der Waals surface area (Å²) in [4.78, 5) is 0. The first-order valence-electron chi connectivity index (χ1n) is 4.68. The van der Waals surface area contributed by atoms with E-state index in [4.69, 9.17) is 14.2 Å². The van der Waals surface area contributed by atoms with Crippen LogP contribution in [0.2, 0.25) is 0 Å². The first kappa shape index (κ1) is 9.96. The molecule has 3 heteroatoms. The van der Waals surface area contributed by atoms with E-state index in [1.165, 1.54) is 0 Å². The van der Waals surface area contributed by atoms with Gasteiger partial charge in [0.15, 0.2) is 5.79 Å². The Morgan fingerprint density at radius 1 is 1.08 bits per heavy atom. The molecular weight excluding hydrogens is 156 g/mol. The Kier molecular flexibility index (Phi) is 3.98. The van der Waals surface area contributed by atoms with Gasteiger partial charge in [0.1, 0.15) is 0 Å². The van der Waals surface area contributed by atoms with Crippen molar-refractivity contribution >= 4 is 0 Å². The topological polar surface area (TPSA) is 27.7 Å². The van der Waals surface area contributed by atoms with E-state index in [1.54, 1.807) is 0 Å². The summed E-state index contributed by atoms with van der Waals surface area (Å²) in [5.74, 6) is -0.345. The lowest BCUT2D eigenvalue weighted by atomic mass is 10.1. The van der Waals surface area contributed by atoms with Crippen LogP contribution in [0.1, 0.15) is 26.7 Å². The fourth-order valence-electron chi connectivity index (χ4n) is 1.54. The first-order valence-corrected chi connectivity index (χ1v) is 4.68. The second-order valence-electron chi connectivity index (χ2n) is 2.89. The second-order valence-corrected chi connectivity index (χ2v) is 2.89. The monoisotopic (exact) mass is 174 g/mol. The zero-order chi connectivity index (χ0) is 8.86. The first-order chi connectivity index (χ1) is 5.83. The Balaban J connectivity index is 2.44. The van der Waals surface area contributed by atoms with E-state index in [-0.39, 0.29) is 5.79 Å². The molecule has 0 saturated carbocycles. The predicted octanol–water partition coefficient (Wildman–Crippen LogP) is 1.57. The van der Waals surface area contributed by atoms with Crippen LogP contribution in [0.3, 0.4) is 0 Å². The maximum absolute atomic E-state index is 5.61. The van der Waals surface area contributed by atoms with Crippen LogP contribution in [0.4, 0.5) is 0 Å². The highest BCUT2D eigenvalue weighted by atomic mass is 16.7. The Labute approximate surface area is 74.0 Å². The number of hydrogen-bond donors (Lipinski definition) is 0. The molecule has 0 bridgehead atoms. The molecule has 0 aromatic heterocycles. The molecule has 0 atom stereocenters. The molecule has 1 rings (SSSR count). The van der Waals surface area contributed by atoms with E-state index >= 15 is 0 Å². The van der Waals surface area contributed by atoms with E-state index in [9.17, 15) is 0 Å². The highest BCUT2D eigenvalue weighted by Gasteiger charge is 2.33. The van der Waals surface area contributed by atoms with E-state index in [0.29, 0.717) is 13.2 Å². The molecule has 1 heterocycles. The molecule has 1 fully saturated rings. The van der Waals surface area contributed by atoms with Gasteiger partial charge in [-0.2, -0.15) is 0 Å². The van der Waals surface area contributed by atoms with Crippen molar-refractivity contribution in [3.8, 4) is 0 Å². The zero-order valence-corrected chi connectivity index (χ0v) is 7.97. The predicted molar refractivity (Wildman–Crippen MR) is 46.0 cm³/mol. The van der Waals surface area contributed by atoms with Crippen molar-refractivity contribution in [3.63, 3.8) is 0 Å². The molecule has 0 aliphatic carbocycles. The van der Waals surface area contributed by atoms with Crippen LogP contribution >= 0.6 is 0 Å². The third-order valence-electron chi connectivity index (χ3n) is 2.07. The Hall–Kier alpha value is -0.120. The standard InChI is InChI=1S/C9H18O3/c1-3-11-9(12-4-2)5-7-10-8-6-9/h3-8H2,1-2H3. The van der Waals surface area contributed by atoms with E-state index < -0.39 is 0 Å². The van der Waals surface area contributed by atoms with E-state index in [1.807, 2.05) is 13.8 Å². The number of ether oxygens (including phenoxy) is 3. The fourth-order valence-corrected chi connectivity index (χ4v) is 1.54. The Bertz CT molecular complexity index is 103. The van der Waals surface area contributed by atoms with E-state index in [0.717, 1.165) is 26.1 Å². The van der Waals surface area contributed by atoms with Crippen LogP contribution in [-0.4, -0.2) is 32.2 Å². The summed E-state index contributed by atoms with van der Waals surface area (Å²) in [7, 11) is 0. The third-order valence-corrected chi connectivity index (χ3v) is 2.07. The van der Waals surface area contributed by atoms with Crippen LogP contribution in [0, 0.1) is 0 Å². The lowest BCUT2D eigenvalue weighted by Gasteiger charge is -2.36. The molecule has 0 unspecified atom stereocenters. The Morgan fingerprint density at radius 2 is 1.58 bits per heavy atom. The van der Waals surface area contributed by atoms with Crippen molar-refractivity contribution in [2.24, 2.45) is 0 Å². The third kappa shape index (κ3) is 2.44. The van der Waals surface area contributed by atoms with Gasteiger partial charge in [-0.05, 0) is 13.8 Å². The summed E-state index contributed by atoms with van der Waals surface area (Å²) in [6, 6.07) is 0. The Morgan fingerprint density at radius 3 is 2.00 bits per heavy atom. The van der Waals surface area contributed by atoms with Crippen LogP contribution in [-0.2, 0) is 14.2 Å². The molecule has 72 valence electrons. The zero-order valence-electron chi connectivity index (χ0n) is 7.97. The van der Waals surface area contributed by atoms with Gasteiger partial charge in [-0.25, -0.2) is 0 Å². The van der Waals surface area contributed by atoms with Gasteiger partial charge in [0.05, 0.1) is 13.2 Å². The van der Waals surface area contributed by atoms with Crippen molar-refractivity contribution in [1.29, 1.82) is 0 Å². The molecule has 0 spiro atoms. The maximum atomic E-state index is 5.61. The second kappa shape index (κ2) is 4.80. The molecule has 0 radical (unpaired) electrons. The van der Waals surface area contributed by atoms with Crippen LogP contribution in [0.25, 0.3) is 0 Å². The van der Waals surface area contributed by atoms with Gasteiger partial charge in [0, 0.05) is 26.1 Å². The van der Waals surface area contributed by atoms with Gasteiger partial charge in [-0.15, -0.1) is 0 Å². The van der Waals surface area contributed by atoms with Gasteiger partial charge in [0.2, 0.25) is 0 Å². The lowest BCUT2D eigenvalue weighted by Crippen LogP contribution is -2.41. The highest BCUT2D eigenvalue weighted by molar-refractivity contribution is 4.73. The number of hydrogen-bond acceptors (Lipinski definition) is 3. The van der Waals surface area contributed by atoms with Crippen LogP contribution < -0.4 is 0 Å². The molecule has 12 heavy (non-hydrogen) atoms. The van der Waals surface area contributed by atoms with E-state index in [2.05, 4.69) is 0 Å². The SMILES string of the molecule is CCOC1(OCC)CCOCC1. The van der Waals surface area contributed by atoms with Gasteiger partial charge < -0.3 is 14.2 Å². The summed E-state index contributed by atoms with van der Waals surface area (Å²) in [5.41, 5.74) is 0. The van der Waals surface area contributed by atoms with Crippen molar-refractivity contribution in [3.05, 3.63) is 0 Å². The maximum Gasteiger partial charge on any atom is 0.172 e. The molecule has 0 N–H and O–H groups in total. The molecule has 1 aliphatic rings. The van der Waals surface area contributed by atoms with Gasteiger partial charge in [0.25, 0.3) is 0 Å². The van der Waals surface area contributed by atoms with Gasteiger partial charge in [-0.3, -0.25) is 0 Å². The fraction of sp³-hybridized carbons (Fsp3) is 1.00. The summed E-state index contributed by atoms with van der Waals surface area (Å²) in [6.07, 6.45) is 1.71. The van der Waals surface area contributed by atoms with Crippen molar-refractivity contribution < 1.29 is 14.2 Å². The minimum atomic E-state index is -0.345. The largest absolute Gasteiger partial charge is 0.381 e. The molecule has 0 aromatic carbocycles. The minimum Gasteiger partial charge on any atom is -0.381 e. The van der Waals surface area contributed by atoms with Gasteiger partial charge in [-0.1, -0.05) is 0 Å².